The van der Waals surface area contributed by atoms with E-state index in [2.05, 4.69) is 15.6 Å². The maximum absolute atomic E-state index is 12.1. The van der Waals surface area contributed by atoms with Crippen molar-refractivity contribution in [3.05, 3.63) is 53.9 Å². The molecule has 0 radical (unpaired) electrons. The standard InChI is InChI=1S/C14H15N3O2/c1-15-13-6-7-16-8-12(13)14(19)17-11-4-2-10(9-18)3-5-11/h2-8,18H,9H2,1H3,(H,15,16)(H,17,19). The van der Waals surface area contributed by atoms with Gasteiger partial charge >= 0.3 is 0 Å². The highest BCUT2D eigenvalue weighted by Gasteiger charge is 2.10. The number of benzene rings is 1. The third kappa shape index (κ3) is 3.08. The molecule has 1 aromatic carbocycles. The van der Waals surface area contributed by atoms with E-state index in [1.54, 1.807) is 43.6 Å². The van der Waals surface area contributed by atoms with E-state index in [0.29, 0.717) is 11.3 Å². The predicted molar refractivity (Wildman–Crippen MR) is 74.1 cm³/mol. The molecule has 1 heterocycles. The molecule has 3 N–H and O–H groups in total. The van der Waals surface area contributed by atoms with Crippen molar-refractivity contribution in [2.75, 3.05) is 17.7 Å². The highest BCUT2D eigenvalue weighted by Crippen LogP contribution is 2.16. The molecule has 0 aliphatic carbocycles. The smallest absolute Gasteiger partial charge is 0.259 e. The summed E-state index contributed by atoms with van der Waals surface area (Å²) in [5.74, 6) is -0.228. The quantitative estimate of drug-likeness (QED) is 0.781. The van der Waals surface area contributed by atoms with Crippen molar-refractivity contribution in [1.82, 2.24) is 4.98 Å². The average molecular weight is 257 g/mol. The van der Waals surface area contributed by atoms with Crippen LogP contribution in [0.1, 0.15) is 15.9 Å². The molecule has 1 aromatic heterocycles. The van der Waals surface area contributed by atoms with Gasteiger partial charge in [-0.25, -0.2) is 0 Å². The summed E-state index contributed by atoms with van der Waals surface area (Å²) in [6, 6.07) is 8.76. The van der Waals surface area contributed by atoms with Crippen molar-refractivity contribution in [3.63, 3.8) is 0 Å². The summed E-state index contributed by atoms with van der Waals surface area (Å²) in [6.45, 7) is -0.0132. The van der Waals surface area contributed by atoms with E-state index >= 15 is 0 Å². The zero-order valence-corrected chi connectivity index (χ0v) is 10.6. The second-order valence-corrected chi connectivity index (χ2v) is 3.98. The summed E-state index contributed by atoms with van der Waals surface area (Å²) in [5, 5.41) is 14.7. The lowest BCUT2D eigenvalue weighted by Gasteiger charge is -2.09. The second-order valence-electron chi connectivity index (χ2n) is 3.98. The number of anilines is 2. The fraction of sp³-hybridized carbons (Fsp3) is 0.143. The maximum atomic E-state index is 12.1. The first-order valence-corrected chi connectivity index (χ1v) is 5.87. The lowest BCUT2D eigenvalue weighted by atomic mass is 10.2. The summed E-state index contributed by atoms with van der Waals surface area (Å²) < 4.78 is 0. The van der Waals surface area contributed by atoms with Crippen LogP contribution in [-0.2, 0) is 6.61 Å². The second kappa shape index (κ2) is 5.97. The predicted octanol–water partition coefficient (Wildman–Crippen LogP) is 1.87. The van der Waals surface area contributed by atoms with Gasteiger partial charge in [-0.15, -0.1) is 0 Å². The van der Waals surface area contributed by atoms with E-state index in [9.17, 15) is 4.79 Å². The van der Waals surface area contributed by atoms with Gasteiger partial charge in [0.05, 0.1) is 12.2 Å². The van der Waals surface area contributed by atoms with E-state index < -0.39 is 0 Å². The van der Waals surface area contributed by atoms with Gasteiger partial charge in [-0.1, -0.05) is 12.1 Å². The van der Waals surface area contributed by atoms with Crippen molar-refractivity contribution >= 4 is 17.3 Å². The molecule has 0 aliphatic heterocycles. The molecular formula is C14H15N3O2. The van der Waals surface area contributed by atoms with Gasteiger partial charge in [0.15, 0.2) is 0 Å². The highest BCUT2D eigenvalue weighted by molar-refractivity contribution is 6.07. The molecule has 0 atom stereocenters. The van der Waals surface area contributed by atoms with Gasteiger partial charge in [0.25, 0.3) is 5.91 Å². The van der Waals surface area contributed by atoms with Gasteiger partial charge in [0.1, 0.15) is 0 Å². The van der Waals surface area contributed by atoms with Crippen LogP contribution in [0.2, 0.25) is 0 Å². The van der Waals surface area contributed by atoms with Gasteiger partial charge in [-0.2, -0.15) is 0 Å². The van der Waals surface area contributed by atoms with Gasteiger partial charge in [0, 0.05) is 30.8 Å². The van der Waals surface area contributed by atoms with Gasteiger partial charge in [-0.3, -0.25) is 9.78 Å². The molecule has 0 spiro atoms. The van der Waals surface area contributed by atoms with E-state index in [4.69, 9.17) is 5.11 Å². The van der Waals surface area contributed by atoms with Crippen molar-refractivity contribution in [1.29, 1.82) is 0 Å². The van der Waals surface area contributed by atoms with Crippen molar-refractivity contribution in [2.24, 2.45) is 0 Å². The lowest BCUT2D eigenvalue weighted by Crippen LogP contribution is -2.14. The van der Waals surface area contributed by atoms with Crippen LogP contribution in [0, 0.1) is 0 Å². The molecule has 5 heteroatoms. The fourth-order valence-electron chi connectivity index (χ4n) is 1.69. The topological polar surface area (TPSA) is 74.2 Å². The molecule has 1 amide bonds. The largest absolute Gasteiger partial charge is 0.392 e. The zero-order chi connectivity index (χ0) is 13.7. The first-order valence-electron chi connectivity index (χ1n) is 5.87. The molecule has 0 fully saturated rings. The first-order chi connectivity index (χ1) is 9.24. The van der Waals surface area contributed by atoms with Gasteiger partial charge < -0.3 is 15.7 Å². The normalized spacial score (nSPS) is 10.0. The Morgan fingerprint density at radius 3 is 2.63 bits per heavy atom. The van der Waals surface area contributed by atoms with Crippen LogP contribution in [0.3, 0.4) is 0 Å². The summed E-state index contributed by atoms with van der Waals surface area (Å²) in [5.41, 5.74) is 2.68. The molecule has 2 aromatic rings. The maximum Gasteiger partial charge on any atom is 0.259 e. The van der Waals surface area contributed by atoms with Crippen LogP contribution in [0.5, 0.6) is 0 Å². The molecular weight excluding hydrogens is 242 g/mol. The Balaban J connectivity index is 2.16. The monoisotopic (exact) mass is 257 g/mol. The van der Waals surface area contributed by atoms with E-state index in [1.807, 2.05) is 0 Å². The van der Waals surface area contributed by atoms with E-state index in [1.165, 1.54) is 6.20 Å². The van der Waals surface area contributed by atoms with Crippen LogP contribution in [-0.4, -0.2) is 23.0 Å². The number of nitrogens with zero attached hydrogens (tertiary/aromatic N) is 1. The van der Waals surface area contributed by atoms with E-state index in [0.717, 1.165) is 11.3 Å². The number of hydrogen-bond acceptors (Lipinski definition) is 4. The fourth-order valence-corrected chi connectivity index (χ4v) is 1.69. The van der Waals surface area contributed by atoms with Crippen molar-refractivity contribution < 1.29 is 9.90 Å². The molecule has 19 heavy (non-hydrogen) atoms. The lowest BCUT2D eigenvalue weighted by molar-refractivity contribution is 0.102. The zero-order valence-electron chi connectivity index (χ0n) is 10.6. The van der Waals surface area contributed by atoms with Crippen LogP contribution in [0.25, 0.3) is 0 Å². The van der Waals surface area contributed by atoms with Crippen LogP contribution in [0.15, 0.2) is 42.7 Å². The van der Waals surface area contributed by atoms with Crippen molar-refractivity contribution in [2.45, 2.75) is 6.61 Å². The molecule has 5 nitrogen and oxygen atoms in total. The number of amides is 1. The number of carbonyl (C=O) groups excluding carboxylic acids is 1. The van der Waals surface area contributed by atoms with Crippen molar-refractivity contribution in [3.8, 4) is 0 Å². The Bertz CT molecular complexity index is 567. The van der Waals surface area contributed by atoms with Gasteiger partial charge in [-0.05, 0) is 23.8 Å². The number of aromatic nitrogens is 1. The molecule has 98 valence electrons. The van der Waals surface area contributed by atoms with Crippen LogP contribution in [0.4, 0.5) is 11.4 Å². The number of aliphatic hydroxyl groups is 1. The minimum absolute atomic E-state index is 0.0132. The summed E-state index contributed by atoms with van der Waals surface area (Å²) in [4.78, 5) is 16.1. The number of carbonyl (C=O) groups is 1. The average Bonchev–Trinajstić information content (AvgIpc) is 2.48. The Morgan fingerprint density at radius 1 is 1.26 bits per heavy atom. The summed E-state index contributed by atoms with van der Waals surface area (Å²) >= 11 is 0. The minimum Gasteiger partial charge on any atom is -0.392 e. The molecule has 0 saturated heterocycles. The van der Waals surface area contributed by atoms with Gasteiger partial charge in [0.2, 0.25) is 0 Å². The number of rotatable bonds is 4. The molecule has 0 saturated carbocycles. The number of nitrogens with one attached hydrogen (secondary N) is 2. The third-order valence-corrected chi connectivity index (χ3v) is 2.73. The number of hydrogen-bond donors (Lipinski definition) is 3. The van der Waals surface area contributed by atoms with E-state index in [-0.39, 0.29) is 12.5 Å². The van der Waals surface area contributed by atoms with Crippen LogP contribution >= 0.6 is 0 Å². The number of pyridine rings is 1. The first kappa shape index (κ1) is 13.0. The summed E-state index contributed by atoms with van der Waals surface area (Å²) in [6.07, 6.45) is 3.14. The highest BCUT2D eigenvalue weighted by atomic mass is 16.3. The number of aliphatic hydroxyl groups excluding tert-OH is 1. The molecule has 0 aliphatic rings. The Labute approximate surface area is 111 Å². The SMILES string of the molecule is CNc1ccncc1C(=O)Nc1ccc(CO)cc1. The summed E-state index contributed by atoms with van der Waals surface area (Å²) in [7, 11) is 1.75. The van der Waals surface area contributed by atoms with Crippen LogP contribution < -0.4 is 10.6 Å². The Morgan fingerprint density at radius 2 is 2.00 bits per heavy atom. The molecule has 0 bridgehead atoms. The Hall–Kier alpha value is -2.40. The third-order valence-electron chi connectivity index (χ3n) is 2.73. The molecule has 0 unspecified atom stereocenters. The minimum atomic E-state index is -0.228. The Kier molecular flexibility index (Phi) is 4.10. The molecule has 2 rings (SSSR count).